The molecule has 0 saturated heterocycles. The summed E-state index contributed by atoms with van der Waals surface area (Å²) in [5.41, 5.74) is -1.88. The number of nitrogens with zero attached hydrogens (tertiary/aromatic N) is 3. The Morgan fingerprint density at radius 1 is 0.893 bits per heavy atom. The molecule has 3 rings (SSSR count). The van der Waals surface area contributed by atoms with Gasteiger partial charge in [-0.05, 0) is 23.3 Å². The van der Waals surface area contributed by atoms with Gasteiger partial charge in [-0.3, -0.25) is 0 Å². The second-order valence-corrected chi connectivity index (χ2v) is 5.92. The standard InChI is InChI=1S/C19H13F6N3/c1-28-17(26-11-12-6-5-9-14(10-12)18(20,21)22)15(13-7-3-2-4-8-13)16(27-28)19(23,24)25/h2-11H,1H3/b26-11+. The summed E-state index contributed by atoms with van der Waals surface area (Å²) in [6.45, 7) is 0. The number of halogens is 6. The van der Waals surface area contributed by atoms with Crippen molar-refractivity contribution in [1.29, 1.82) is 0 Å². The fourth-order valence-corrected chi connectivity index (χ4v) is 2.66. The topological polar surface area (TPSA) is 30.2 Å². The third-order valence-corrected chi connectivity index (χ3v) is 3.90. The number of aromatic nitrogens is 2. The normalized spacial score (nSPS) is 12.7. The van der Waals surface area contributed by atoms with Gasteiger partial charge in [-0.25, -0.2) is 9.67 Å². The van der Waals surface area contributed by atoms with Crippen molar-refractivity contribution in [1.82, 2.24) is 9.78 Å². The zero-order valence-electron chi connectivity index (χ0n) is 14.4. The van der Waals surface area contributed by atoms with E-state index in [1.54, 1.807) is 18.2 Å². The summed E-state index contributed by atoms with van der Waals surface area (Å²) in [5, 5.41) is 3.53. The lowest BCUT2D eigenvalue weighted by Crippen LogP contribution is -2.08. The molecular weight excluding hydrogens is 384 g/mol. The van der Waals surface area contributed by atoms with Gasteiger partial charge in [0.15, 0.2) is 11.5 Å². The smallest absolute Gasteiger partial charge is 0.250 e. The summed E-state index contributed by atoms with van der Waals surface area (Å²) in [6.07, 6.45) is -8.17. The molecule has 0 aliphatic carbocycles. The molecule has 3 aromatic rings. The molecule has 0 radical (unpaired) electrons. The molecule has 0 saturated carbocycles. The maximum atomic E-state index is 13.4. The number of aliphatic imine (C=N–C) groups is 1. The van der Waals surface area contributed by atoms with Gasteiger partial charge in [-0.15, -0.1) is 0 Å². The third-order valence-electron chi connectivity index (χ3n) is 3.90. The Bertz CT molecular complexity index is 1000. The van der Waals surface area contributed by atoms with Gasteiger partial charge in [-0.1, -0.05) is 42.5 Å². The van der Waals surface area contributed by atoms with Crippen LogP contribution in [0, 0.1) is 0 Å². The van der Waals surface area contributed by atoms with E-state index in [-0.39, 0.29) is 22.5 Å². The van der Waals surface area contributed by atoms with Gasteiger partial charge in [0.25, 0.3) is 0 Å². The van der Waals surface area contributed by atoms with Gasteiger partial charge in [0.2, 0.25) is 0 Å². The molecule has 1 aromatic heterocycles. The average molecular weight is 397 g/mol. The van der Waals surface area contributed by atoms with E-state index in [9.17, 15) is 26.3 Å². The van der Waals surface area contributed by atoms with Crippen LogP contribution >= 0.6 is 0 Å². The van der Waals surface area contributed by atoms with Crippen LogP contribution in [0.1, 0.15) is 16.8 Å². The van der Waals surface area contributed by atoms with Crippen LogP contribution in [0.3, 0.4) is 0 Å². The minimum atomic E-state index is -4.72. The lowest BCUT2D eigenvalue weighted by molar-refractivity contribution is -0.141. The van der Waals surface area contributed by atoms with Crippen LogP contribution < -0.4 is 0 Å². The average Bonchev–Trinajstić information content (AvgIpc) is 2.97. The lowest BCUT2D eigenvalue weighted by Gasteiger charge is -2.07. The Morgan fingerprint density at radius 3 is 2.18 bits per heavy atom. The SMILES string of the molecule is Cn1nc(C(F)(F)F)c(-c2ccccc2)c1/N=C/c1cccc(C(F)(F)F)c1. The molecule has 0 N–H and O–H groups in total. The second kappa shape index (κ2) is 7.14. The molecule has 146 valence electrons. The number of benzene rings is 2. The number of hydrogen-bond acceptors (Lipinski definition) is 2. The van der Waals surface area contributed by atoms with Crippen molar-refractivity contribution in [3.63, 3.8) is 0 Å². The van der Waals surface area contributed by atoms with Crippen LogP contribution in [0.2, 0.25) is 0 Å². The van der Waals surface area contributed by atoms with Crippen molar-refractivity contribution in [2.45, 2.75) is 12.4 Å². The van der Waals surface area contributed by atoms with E-state index >= 15 is 0 Å². The molecule has 0 aliphatic rings. The fourth-order valence-electron chi connectivity index (χ4n) is 2.66. The predicted octanol–water partition coefficient (Wildman–Crippen LogP) is 5.88. The zero-order chi connectivity index (χ0) is 20.5. The summed E-state index contributed by atoms with van der Waals surface area (Å²) in [4.78, 5) is 4.02. The molecule has 0 bridgehead atoms. The molecule has 1 heterocycles. The molecule has 3 nitrogen and oxygen atoms in total. The van der Waals surface area contributed by atoms with Gasteiger partial charge in [0.1, 0.15) is 0 Å². The van der Waals surface area contributed by atoms with Crippen LogP contribution in [0.4, 0.5) is 32.2 Å². The zero-order valence-corrected chi connectivity index (χ0v) is 14.4. The molecule has 9 heteroatoms. The maximum absolute atomic E-state index is 13.4. The minimum absolute atomic E-state index is 0.101. The molecule has 2 aromatic carbocycles. The monoisotopic (exact) mass is 397 g/mol. The van der Waals surface area contributed by atoms with E-state index in [2.05, 4.69) is 10.1 Å². The first-order valence-electron chi connectivity index (χ1n) is 7.98. The number of hydrogen-bond donors (Lipinski definition) is 0. The summed E-state index contributed by atoms with van der Waals surface area (Å²) in [7, 11) is 1.29. The van der Waals surface area contributed by atoms with Crippen molar-refractivity contribution in [3.05, 3.63) is 71.4 Å². The highest BCUT2D eigenvalue weighted by Crippen LogP contribution is 2.41. The highest BCUT2D eigenvalue weighted by molar-refractivity contribution is 5.86. The van der Waals surface area contributed by atoms with Crippen molar-refractivity contribution >= 4 is 12.0 Å². The van der Waals surface area contributed by atoms with Crippen LogP contribution in [0.5, 0.6) is 0 Å². The Labute approximate surface area is 156 Å². The Balaban J connectivity index is 2.10. The number of rotatable bonds is 3. The van der Waals surface area contributed by atoms with E-state index in [0.717, 1.165) is 23.0 Å². The highest BCUT2D eigenvalue weighted by atomic mass is 19.4. The Hall–Kier alpha value is -3.10. The quantitative estimate of drug-likeness (QED) is 0.401. The molecule has 0 spiro atoms. The van der Waals surface area contributed by atoms with Crippen LogP contribution in [0.25, 0.3) is 11.1 Å². The minimum Gasteiger partial charge on any atom is -0.250 e. The van der Waals surface area contributed by atoms with E-state index in [1.807, 2.05) is 0 Å². The maximum Gasteiger partial charge on any atom is 0.435 e. The fraction of sp³-hybridized carbons (Fsp3) is 0.158. The Kier molecular flexibility index (Phi) is 5.01. The number of alkyl halides is 6. The van der Waals surface area contributed by atoms with Gasteiger partial charge in [0.05, 0.1) is 11.1 Å². The van der Waals surface area contributed by atoms with E-state index in [1.165, 1.54) is 31.3 Å². The van der Waals surface area contributed by atoms with E-state index in [0.29, 0.717) is 0 Å². The molecule has 0 aliphatic heterocycles. The lowest BCUT2D eigenvalue weighted by atomic mass is 10.1. The first-order chi connectivity index (χ1) is 13.1. The van der Waals surface area contributed by atoms with Crippen molar-refractivity contribution < 1.29 is 26.3 Å². The van der Waals surface area contributed by atoms with Crippen molar-refractivity contribution in [2.75, 3.05) is 0 Å². The molecule has 0 fully saturated rings. The van der Waals surface area contributed by atoms with Gasteiger partial charge in [0, 0.05) is 13.3 Å². The van der Waals surface area contributed by atoms with Gasteiger partial charge in [-0.2, -0.15) is 31.4 Å². The van der Waals surface area contributed by atoms with Gasteiger partial charge >= 0.3 is 12.4 Å². The summed E-state index contributed by atoms with van der Waals surface area (Å²) in [6, 6.07) is 12.1. The van der Waals surface area contributed by atoms with Crippen molar-refractivity contribution in [2.24, 2.45) is 12.0 Å². The molecular formula is C19H13F6N3. The van der Waals surface area contributed by atoms with Crippen LogP contribution in [-0.4, -0.2) is 16.0 Å². The largest absolute Gasteiger partial charge is 0.435 e. The van der Waals surface area contributed by atoms with Gasteiger partial charge < -0.3 is 0 Å². The van der Waals surface area contributed by atoms with Crippen LogP contribution in [0.15, 0.2) is 59.6 Å². The molecule has 28 heavy (non-hydrogen) atoms. The molecule has 0 amide bonds. The second-order valence-electron chi connectivity index (χ2n) is 5.92. The van der Waals surface area contributed by atoms with Crippen molar-refractivity contribution in [3.8, 4) is 11.1 Å². The third kappa shape index (κ3) is 4.08. The van der Waals surface area contributed by atoms with E-state index in [4.69, 9.17) is 0 Å². The predicted molar refractivity (Wildman–Crippen MR) is 92.3 cm³/mol. The molecule has 0 atom stereocenters. The first-order valence-corrected chi connectivity index (χ1v) is 7.98. The Morgan fingerprint density at radius 2 is 1.57 bits per heavy atom. The van der Waals surface area contributed by atoms with E-state index < -0.39 is 23.6 Å². The molecule has 0 unspecified atom stereocenters. The highest BCUT2D eigenvalue weighted by Gasteiger charge is 2.39. The summed E-state index contributed by atoms with van der Waals surface area (Å²) >= 11 is 0. The summed E-state index contributed by atoms with van der Waals surface area (Å²) < 4.78 is 79.7. The number of aryl methyl sites for hydroxylation is 1. The first kappa shape index (κ1) is 19.7. The van der Waals surface area contributed by atoms with Crippen LogP contribution in [-0.2, 0) is 19.4 Å². The summed E-state index contributed by atoms with van der Waals surface area (Å²) in [5.74, 6) is -0.115.